The summed E-state index contributed by atoms with van der Waals surface area (Å²) in [4.78, 5) is 14.0. The summed E-state index contributed by atoms with van der Waals surface area (Å²) < 4.78 is 36.7. The standard InChI is InChI=1S/C8H9F3N2O2/c1-7(2)4(5(14)15)3-12-6(13-7)8(9,10)11/h3H,1-2H3,(H,12,13)(H,14,15). The fourth-order valence-corrected chi connectivity index (χ4v) is 1.16. The Morgan fingerprint density at radius 2 is 2.07 bits per heavy atom. The number of aliphatic imine (C=N–C) groups is 1. The largest absolute Gasteiger partial charge is 0.478 e. The number of carboxylic acid groups (broad SMARTS) is 1. The van der Waals surface area contributed by atoms with Gasteiger partial charge in [0.15, 0.2) is 0 Å². The van der Waals surface area contributed by atoms with Gasteiger partial charge in [-0.15, -0.1) is 0 Å². The predicted molar refractivity (Wildman–Crippen MR) is 46.4 cm³/mol. The third kappa shape index (κ3) is 2.28. The first kappa shape index (κ1) is 11.5. The number of aliphatic carboxylic acids is 1. The number of amidine groups is 1. The van der Waals surface area contributed by atoms with E-state index in [-0.39, 0.29) is 5.57 Å². The van der Waals surface area contributed by atoms with Gasteiger partial charge in [-0.25, -0.2) is 4.79 Å². The molecule has 7 heteroatoms. The maximum absolute atomic E-state index is 12.2. The monoisotopic (exact) mass is 222 g/mol. The number of nitrogens with zero attached hydrogens (tertiary/aromatic N) is 1. The van der Waals surface area contributed by atoms with E-state index >= 15 is 0 Å². The minimum absolute atomic E-state index is 0.212. The zero-order valence-corrected chi connectivity index (χ0v) is 8.01. The second-order valence-corrected chi connectivity index (χ2v) is 3.52. The Morgan fingerprint density at radius 3 is 2.40 bits per heavy atom. The number of carboxylic acids is 1. The molecule has 0 amide bonds. The first-order valence-electron chi connectivity index (χ1n) is 4.02. The van der Waals surface area contributed by atoms with Crippen molar-refractivity contribution in [1.82, 2.24) is 5.32 Å². The van der Waals surface area contributed by atoms with E-state index in [0.29, 0.717) is 0 Å². The van der Waals surface area contributed by atoms with Crippen LogP contribution in [0.15, 0.2) is 16.8 Å². The molecule has 0 saturated heterocycles. The molecule has 84 valence electrons. The van der Waals surface area contributed by atoms with Crippen LogP contribution < -0.4 is 5.32 Å². The first-order chi connectivity index (χ1) is 6.64. The number of nitrogens with one attached hydrogen (secondary N) is 1. The maximum atomic E-state index is 12.2. The molecule has 0 unspecified atom stereocenters. The van der Waals surface area contributed by atoms with Crippen molar-refractivity contribution in [3.63, 3.8) is 0 Å². The molecular weight excluding hydrogens is 213 g/mol. The average molecular weight is 222 g/mol. The first-order valence-corrected chi connectivity index (χ1v) is 4.02. The van der Waals surface area contributed by atoms with Gasteiger partial charge in [-0.3, -0.25) is 4.99 Å². The Bertz CT molecular complexity index is 355. The van der Waals surface area contributed by atoms with Crippen LogP contribution in [-0.2, 0) is 4.79 Å². The number of hydrogen-bond donors (Lipinski definition) is 2. The Kier molecular flexibility index (Phi) is 2.50. The molecule has 0 aromatic carbocycles. The van der Waals surface area contributed by atoms with Crippen molar-refractivity contribution in [2.75, 3.05) is 0 Å². The number of alkyl halides is 3. The van der Waals surface area contributed by atoms with Crippen LogP contribution in [-0.4, -0.2) is 28.6 Å². The molecule has 1 rings (SSSR count). The van der Waals surface area contributed by atoms with E-state index in [9.17, 15) is 18.0 Å². The molecule has 0 aliphatic carbocycles. The highest BCUT2D eigenvalue weighted by atomic mass is 19.4. The number of carbonyl (C=O) groups is 1. The van der Waals surface area contributed by atoms with Crippen molar-refractivity contribution in [3.05, 3.63) is 11.8 Å². The van der Waals surface area contributed by atoms with E-state index in [1.54, 1.807) is 0 Å². The zero-order valence-electron chi connectivity index (χ0n) is 8.01. The maximum Gasteiger partial charge on any atom is 0.449 e. The van der Waals surface area contributed by atoms with Crippen LogP contribution in [0.2, 0.25) is 0 Å². The van der Waals surface area contributed by atoms with Gasteiger partial charge in [-0.05, 0) is 13.8 Å². The Morgan fingerprint density at radius 1 is 1.53 bits per heavy atom. The lowest BCUT2D eigenvalue weighted by Crippen LogP contribution is -2.43. The van der Waals surface area contributed by atoms with Crippen LogP contribution in [0.5, 0.6) is 0 Å². The molecule has 1 aliphatic heterocycles. The van der Waals surface area contributed by atoms with E-state index in [0.717, 1.165) is 6.20 Å². The van der Waals surface area contributed by atoms with Gasteiger partial charge in [-0.2, -0.15) is 13.2 Å². The summed E-state index contributed by atoms with van der Waals surface area (Å²) in [5.41, 5.74) is -1.60. The van der Waals surface area contributed by atoms with Crippen molar-refractivity contribution in [3.8, 4) is 0 Å². The lowest BCUT2D eigenvalue weighted by atomic mass is 9.94. The van der Waals surface area contributed by atoms with Crippen molar-refractivity contribution in [1.29, 1.82) is 0 Å². The summed E-state index contributed by atoms with van der Waals surface area (Å²) in [5.74, 6) is -2.48. The zero-order chi connectivity index (χ0) is 11.9. The molecule has 0 saturated carbocycles. The fraction of sp³-hybridized carbons (Fsp3) is 0.500. The summed E-state index contributed by atoms with van der Waals surface area (Å²) in [7, 11) is 0. The third-order valence-corrected chi connectivity index (χ3v) is 1.90. The molecule has 0 radical (unpaired) electrons. The predicted octanol–water partition coefficient (Wildman–Crippen LogP) is 1.30. The van der Waals surface area contributed by atoms with E-state index < -0.39 is 23.5 Å². The van der Waals surface area contributed by atoms with Gasteiger partial charge in [0.25, 0.3) is 0 Å². The minimum Gasteiger partial charge on any atom is -0.478 e. The van der Waals surface area contributed by atoms with E-state index in [1.807, 2.05) is 5.32 Å². The van der Waals surface area contributed by atoms with Crippen LogP contribution in [0.25, 0.3) is 0 Å². The molecule has 2 N–H and O–H groups in total. The van der Waals surface area contributed by atoms with Crippen molar-refractivity contribution >= 4 is 11.8 Å². The van der Waals surface area contributed by atoms with Gasteiger partial charge in [0, 0.05) is 6.20 Å². The molecule has 15 heavy (non-hydrogen) atoms. The van der Waals surface area contributed by atoms with Crippen molar-refractivity contribution in [2.24, 2.45) is 4.99 Å². The summed E-state index contributed by atoms with van der Waals surface area (Å²) in [6.45, 7) is 2.61. The smallest absolute Gasteiger partial charge is 0.449 e. The van der Waals surface area contributed by atoms with Gasteiger partial charge in [0.2, 0.25) is 5.84 Å². The van der Waals surface area contributed by atoms with Gasteiger partial charge < -0.3 is 10.4 Å². The van der Waals surface area contributed by atoms with Gasteiger partial charge in [0.1, 0.15) is 0 Å². The molecule has 4 nitrogen and oxygen atoms in total. The molecule has 0 bridgehead atoms. The van der Waals surface area contributed by atoms with Crippen molar-refractivity contribution < 1.29 is 23.1 Å². The van der Waals surface area contributed by atoms with Crippen molar-refractivity contribution in [2.45, 2.75) is 25.6 Å². The molecule has 0 atom stereocenters. The third-order valence-electron chi connectivity index (χ3n) is 1.90. The molecule has 0 spiro atoms. The van der Waals surface area contributed by atoms with Crippen LogP contribution in [0.1, 0.15) is 13.8 Å². The fourth-order valence-electron chi connectivity index (χ4n) is 1.16. The molecule has 0 fully saturated rings. The normalized spacial score (nSPS) is 20.1. The summed E-state index contributed by atoms with van der Waals surface area (Å²) in [6, 6.07) is 0. The molecule has 0 aromatic heterocycles. The van der Waals surface area contributed by atoms with E-state index in [2.05, 4.69) is 4.99 Å². The summed E-state index contributed by atoms with van der Waals surface area (Å²) in [5, 5.41) is 10.5. The highest BCUT2D eigenvalue weighted by Gasteiger charge is 2.41. The number of hydrogen-bond acceptors (Lipinski definition) is 3. The molecule has 0 aromatic rings. The minimum atomic E-state index is -4.60. The lowest BCUT2D eigenvalue weighted by molar-refractivity contribution is -0.133. The molecular formula is C8H9F3N2O2. The van der Waals surface area contributed by atoms with Crippen LogP contribution in [0, 0.1) is 0 Å². The van der Waals surface area contributed by atoms with E-state index in [1.165, 1.54) is 13.8 Å². The molecule has 1 heterocycles. The van der Waals surface area contributed by atoms with Gasteiger partial charge in [0.05, 0.1) is 11.1 Å². The average Bonchev–Trinajstić information content (AvgIpc) is 1.99. The highest BCUT2D eigenvalue weighted by molar-refractivity contribution is 5.96. The van der Waals surface area contributed by atoms with Gasteiger partial charge >= 0.3 is 12.1 Å². The Labute approximate surface area is 83.5 Å². The quantitative estimate of drug-likeness (QED) is 0.702. The topological polar surface area (TPSA) is 61.7 Å². The lowest BCUT2D eigenvalue weighted by Gasteiger charge is -2.27. The van der Waals surface area contributed by atoms with Crippen LogP contribution >= 0.6 is 0 Å². The highest BCUT2D eigenvalue weighted by Crippen LogP contribution is 2.27. The van der Waals surface area contributed by atoms with Gasteiger partial charge in [-0.1, -0.05) is 0 Å². The second-order valence-electron chi connectivity index (χ2n) is 3.52. The Hall–Kier alpha value is -1.53. The van der Waals surface area contributed by atoms with Crippen LogP contribution in [0.3, 0.4) is 0 Å². The molecule has 1 aliphatic rings. The van der Waals surface area contributed by atoms with E-state index in [4.69, 9.17) is 5.11 Å². The summed E-state index contributed by atoms with van der Waals surface area (Å²) in [6.07, 6.45) is -3.78. The summed E-state index contributed by atoms with van der Waals surface area (Å²) >= 11 is 0. The Balaban J connectivity index is 3.06. The second kappa shape index (κ2) is 3.25. The SMILES string of the molecule is CC1(C)N=C(C(F)(F)F)NC=C1C(=O)O. The number of halogens is 3. The number of rotatable bonds is 1. The van der Waals surface area contributed by atoms with Crippen LogP contribution in [0.4, 0.5) is 13.2 Å².